The lowest BCUT2D eigenvalue weighted by atomic mass is 10.2. The largest absolute Gasteiger partial charge is 0.455 e. The maximum atomic E-state index is 13.1. The molecule has 4 aromatic rings. The highest BCUT2D eigenvalue weighted by atomic mass is 35.5. The molecule has 3 aromatic carbocycles. The van der Waals surface area contributed by atoms with Gasteiger partial charge in [0.2, 0.25) is 0 Å². The number of ether oxygens (including phenoxy) is 1. The molecular formula is C31H31Cl2N5O4S. The van der Waals surface area contributed by atoms with Crippen LogP contribution in [0.3, 0.4) is 0 Å². The average Bonchev–Trinajstić information content (AvgIpc) is 3.00. The molecular weight excluding hydrogens is 609 g/mol. The number of aryl methyl sites for hydroxylation is 1. The van der Waals surface area contributed by atoms with Gasteiger partial charge in [0.05, 0.1) is 20.6 Å². The molecule has 0 radical (unpaired) electrons. The summed E-state index contributed by atoms with van der Waals surface area (Å²) in [7, 11) is -3.97. The van der Waals surface area contributed by atoms with Crippen LogP contribution >= 0.6 is 23.2 Å². The van der Waals surface area contributed by atoms with Crippen molar-refractivity contribution in [1.82, 2.24) is 15.2 Å². The lowest BCUT2D eigenvalue weighted by molar-refractivity contribution is 0.0947. The number of rotatable bonds is 10. The summed E-state index contributed by atoms with van der Waals surface area (Å²) in [5.41, 5.74) is 1.62. The monoisotopic (exact) mass is 639 g/mol. The fourth-order valence-electron chi connectivity index (χ4n) is 4.63. The van der Waals surface area contributed by atoms with E-state index in [4.69, 9.17) is 27.9 Å². The Labute approximate surface area is 261 Å². The third-order valence-electron chi connectivity index (χ3n) is 6.96. The SMILES string of the molecule is Cc1cccc(N2CCN(CCNC(=O)c3ccc(S(=O)(=O)Nc4ccccc4Oc4ccc(Cl)c(Cl)c4)cc3)CC2)n1. The molecule has 0 unspecified atom stereocenters. The second-order valence-electron chi connectivity index (χ2n) is 10.0. The van der Waals surface area contributed by atoms with Gasteiger partial charge < -0.3 is 15.0 Å². The Balaban J connectivity index is 1.13. The van der Waals surface area contributed by atoms with Crippen molar-refractivity contribution in [3.63, 3.8) is 0 Å². The number of hydrogen-bond acceptors (Lipinski definition) is 7. The van der Waals surface area contributed by atoms with Crippen molar-refractivity contribution >= 4 is 50.6 Å². The van der Waals surface area contributed by atoms with E-state index in [9.17, 15) is 13.2 Å². The highest BCUT2D eigenvalue weighted by Crippen LogP contribution is 2.34. The normalized spacial score (nSPS) is 13.9. The Bertz CT molecular complexity index is 1690. The molecule has 1 amide bonds. The molecule has 224 valence electrons. The third kappa shape index (κ3) is 7.97. The number of para-hydroxylation sites is 2. The van der Waals surface area contributed by atoms with E-state index >= 15 is 0 Å². The van der Waals surface area contributed by atoms with E-state index < -0.39 is 10.0 Å². The highest BCUT2D eigenvalue weighted by Gasteiger charge is 2.20. The fourth-order valence-corrected chi connectivity index (χ4v) is 5.99. The number of nitrogens with zero attached hydrogens (tertiary/aromatic N) is 3. The molecule has 1 aromatic heterocycles. The van der Waals surface area contributed by atoms with Crippen molar-refractivity contribution in [2.45, 2.75) is 11.8 Å². The maximum absolute atomic E-state index is 13.1. The van der Waals surface area contributed by atoms with Crippen LogP contribution in [0.1, 0.15) is 16.1 Å². The van der Waals surface area contributed by atoms with Crippen molar-refractivity contribution in [2.75, 3.05) is 48.9 Å². The third-order valence-corrected chi connectivity index (χ3v) is 9.08. The highest BCUT2D eigenvalue weighted by molar-refractivity contribution is 7.92. The van der Waals surface area contributed by atoms with E-state index in [0.29, 0.717) is 27.9 Å². The van der Waals surface area contributed by atoms with Gasteiger partial charge >= 0.3 is 0 Å². The van der Waals surface area contributed by atoms with Gasteiger partial charge in [0, 0.05) is 56.6 Å². The van der Waals surface area contributed by atoms with Gasteiger partial charge in [0.1, 0.15) is 11.6 Å². The number of nitrogens with one attached hydrogen (secondary N) is 2. The molecule has 1 fully saturated rings. The molecule has 9 nitrogen and oxygen atoms in total. The Morgan fingerprint density at radius 2 is 1.65 bits per heavy atom. The molecule has 0 aliphatic carbocycles. The van der Waals surface area contributed by atoms with E-state index in [0.717, 1.165) is 44.2 Å². The zero-order chi connectivity index (χ0) is 30.4. The van der Waals surface area contributed by atoms with Gasteiger partial charge in [0.25, 0.3) is 15.9 Å². The number of hydrogen-bond donors (Lipinski definition) is 2. The van der Waals surface area contributed by atoms with Gasteiger partial charge in [-0.1, -0.05) is 41.4 Å². The zero-order valence-electron chi connectivity index (χ0n) is 23.5. The van der Waals surface area contributed by atoms with E-state index in [1.165, 1.54) is 24.3 Å². The first-order chi connectivity index (χ1) is 20.7. The first kappa shape index (κ1) is 30.6. The van der Waals surface area contributed by atoms with Crippen molar-refractivity contribution in [3.05, 3.63) is 106 Å². The van der Waals surface area contributed by atoms with E-state index in [2.05, 4.69) is 24.8 Å². The predicted molar refractivity (Wildman–Crippen MR) is 170 cm³/mol. The molecule has 1 saturated heterocycles. The van der Waals surface area contributed by atoms with Crippen LogP contribution in [-0.2, 0) is 10.0 Å². The Hall–Kier alpha value is -3.83. The van der Waals surface area contributed by atoms with Crippen LogP contribution in [0.5, 0.6) is 11.5 Å². The van der Waals surface area contributed by atoms with Gasteiger partial charge in [-0.05, 0) is 67.6 Å². The van der Waals surface area contributed by atoms with Crippen molar-refractivity contribution in [2.24, 2.45) is 0 Å². The maximum Gasteiger partial charge on any atom is 0.262 e. The van der Waals surface area contributed by atoms with Crippen molar-refractivity contribution in [1.29, 1.82) is 0 Å². The molecule has 1 aliphatic heterocycles. The number of pyridine rings is 1. The molecule has 0 bridgehead atoms. The first-order valence-electron chi connectivity index (χ1n) is 13.7. The van der Waals surface area contributed by atoms with Crippen LogP contribution < -0.4 is 19.7 Å². The van der Waals surface area contributed by atoms with Crippen LogP contribution in [0, 0.1) is 6.92 Å². The van der Waals surface area contributed by atoms with Gasteiger partial charge in [-0.2, -0.15) is 0 Å². The standard InChI is InChI=1S/C31H31Cl2N5O4S/c1-22-5-4-8-30(35-22)38-19-17-37(18-20-38)16-15-34-31(39)23-9-12-25(13-10-23)43(40,41)36-28-6-2-3-7-29(28)42-24-11-14-26(32)27(33)21-24/h2-14,21,36H,15-20H2,1H3,(H,34,39). The Kier molecular flexibility index (Phi) is 9.72. The first-order valence-corrected chi connectivity index (χ1v) is 16.0. The number of carbonyl (C=O) groups is 1. The molecule has 2 heterocycles. The molecule has 5 rings (SSSR count). The van der Waals surface area contributed by atoms with Crippen LogP contribution in [-0.4, -0.2) is 63.5 Å². The number of sulfonamides is 1. The number of carbonyl (C=O) groups excluding carboxylic acids is 1. The van der Waals surface area contributed by atoms with Crippen LogP contribution in [0.4, 0.5) is 11.5 Å². The summed E-state index contributed by atoms with van der Waals surface area (Å²) in [6.45, 7) is 6.71. The van der Waals surface area contributed by atoms with E-state index in [1.54, 1.807) is 42.5 Å². The summed E-state index contributed by atoms with van der Waals surface area (Å²) >= 11 is 12.0. The second-order valence-corrected chi connectivity index (χ2v) is 12.5. The van der Waals surface area contributed by atoms with Crippen LogP contribution in [0.15, 0.2) is 89.8 Å². The number of amides is 1. The number of benzene rings is 3. The summed E-state index contributed by atoms with van der Waals surface area (Å²) in [5.74, 6) is 1.42. The minimum Gasteiger partial charge on any atom is -0.455 e. The quantitative estimate of drug-likeness (QED) is 0.225. The molecule has 1 aliphatic rings. The predicted octanol–water partition coefficient (Wildman–Crippen LogP) is 5.84. The van der Waals surface area contributed by atoms with Gasteiger partial charge in [0.15, 0.2) is 5.75 Å². The minimum absolute atomic E-state index is 0.00867. The number of halogens is 2. The van der Waals surface area contributed by atoms with Crippen molar-refractivity contribution in [3.8, 4) is 11.5 Å². The minimum atomic E-state index is -3.97. The smallest absolute Gasteiger partial charge is 0.262 e. The summed E-state index contributed by atoms with van der Waals surface area (Å²) < 4.78 is 34.7. The molecule has 0 atom stereocenters. The van der Waals surface area contributed by atoms with Gasteiger partial charge in [-0.3, -0.25) is 14.4 Å². The number of aromatic nitrogens is 1. The van der Waals surface area contributed by atoms with Crippen molar-refractivity contribution < 1.29 is 17.9 Å². The summed E-state index contributed by atoms with van der Waals surface area (Å²) in [5, 5.41) is 3.62. The number of anilines is 2. The average molecular weight is 641 g/mol. The van der Waals surface area contributed by atoms with Crippen LogP contribution in [0.25, 0.3) is 0 Å². The fraction of sp³-hybridized carbons (Fsp3) is 0.226. The second kappa shape index (κ2) is 13.6. The molecule has 0 saturated carbocycles. The molecule has 2 N–H and O–H groups in total. The van der Waals surface area contributed by atoms with Crippen LogP contribution in [0.2, 0.25) is 10.0 Å². The number of piperazine rings is 1. The molecule has 12 heteroatoms. The van der Waals surface area contributed by atoms with Gasteiger partial charge in [-0.25, -0.2) is 13.4 Å². The lowest BCUT2D eigenvalue weighted by Crippen LogP contribution is -2.48. The lowest BCUT2D eigenvalue weighted by Gasteiger charge is -2.35. The summed E-state index contributed by atoms with van der Waals surface area (Å²) in [6, 6.07) is 23.2. The van der Waals surface area contributed by atoms with E-state index in [-0.39, 0.29) is 22.2 Å². The summed E-state index contributed by atoms with van der Waals surface area (Å²) in [4.78, 5) is 21.9. The molecule has 0 spiro atoms. The summed E-state index contributed by atoms with van der Waals surface area (Å²) in [6.07, 6.45) is 0. The topological polar surface area (TPSA) is 104 Å². The Morgan fingerprint density at radius 1 is 0.907 bits per heavy atom. The zero-order valence-corrected chi connectivity index (χ0v) is 25.8. The van der Waals surface area contributed by atoms with Gasteiger partial charge in [-0.15, -0.1) is 0 Å². The molecule has 43 heavy (non-hydrogen) atoms. The Morgan fingerprint density at radius 3 is 2.37 bits per heavy atom. The van der Waals surface area contributed by atoms with E-state index in [1.807, 2.05) is 25.1 Å².